The molecule has 0 aliphatic rings. The Kier molecular flexibility index (Phi) is 9.55. The van der Waals surface area contributed by atoms with Gasteiger partial charge in [0.2, 0.25) is 0 Å². The lowest BCUT2D eigenvalue weighted by molar-refractivity contribution is 0.0734. The largest absolute Gasteiger partial charge is 0.423 e. The van der Waals surface area contributed by atoms with Gasteiger partial charge in [-0.15, -0.1) is 0 Å². The second-order valence-electron chi connectivity index (χ2n) is 8.41. The van der Waals surface area contributed by atoms with Crippen LogP contribution in [0.15, 0.2) is 54.9 Å². The minimum atomic E-state index is -0.530. The van der Waals surface area contributed by atoms with Gasteiger partial charge in [-0.1, -0.05) is 64.5 Å². The Labute approximate surface area is 196 Å². The number of benzene rings is 2. The lowest BCUT2D eigenvalue weighted by Crippen LogP contribution is -2.09. The van der Waals surface area contributed by atoms with E-state index in [2.05, 4.69) is 23.8 Å². The van der Waals surface area contributed by atoms with Crippen molar-refractivity contribution in [1.29, 1.82) is 0 Å². The zero-order valence-electron chi connectivity index (χ0n) is 19.6. The van der Waals surface area contributed by atoms with Gasteiger partial charge in [0, 0.05) is 18.5 Å². The summed E-state index contributed by atoms with van der Waals surface area (Å²) in [7, 11) is 0. The number of carbonyl (C=O) groups excluding carboxylic acids is 1. The van der Waals surface area contributed by atoms with E-state index in [4.69, 9.17) is 4.74 Å². The van der Waals surface area contributed by atoms with E-state index >= 15 is 0 Å². The Hall–Kier alpha value is -3.08. The fourth-order valence-electron chi connectivity index (χ4n) is 3.74. The van der Waals surface area contributed by atoms with Crippen molar-refractivity contribution in [1.82, 2.24) is 9.97 Å². The van der Waals surface area contributed by atoms with Gasteiger partial charge < -0.3 is 4.74 Å². The third kappa shape index (κ3) is 7.48. The van der Waals surface area contributed by atoms with Crippen molar-refractivity contribution in [3.63, 3.8) is 0 Å². The molecule has 0 spiro atoms. The lowest BCUT2D eigenvalue weighted by Gasteiger charge is -2.08. The third-order valence-corrected chi connectivity index (χ3v) is 5.64. The van der Waals surface area contributed by atoms with E-state index in [0.29, 0.717) is 11.4 Å². The molecular formula is C28H33FN2O2. The molecule has 4 nitrogen and oxygen atoms in total. The number of hydrogen-bond donors (Lipinski definition) is 0. The summed E-state index contributed by atoms with van der Waals surface area (Å²) in [5.74, 6) is -0.572. The molecule has 3 aromatic rings. The highest BCUT2D eigenvalue weighted by molar-refractivity contribution is 5.91. The molecule has 0 unspecified atom stereocenters. The summed E-state index contributed by atoms with van der Waals surface area (Å²) in [6.45, 7) is 4.30. The molecule has 0 saturated carbocycles. The van der Waals surface area contributed by atoms with Crippen LogP contribution in [0, 0.1) is 5.82 Å². The normalized spacial score (nSPS) is 10.9. The molecule has 0 fully saturated rings. The molecule has 5 heteroatoms. The van der Waals surface area contributed by atoms with Crippen LogP contribution in [0.5, 0.6) is 5.75 Å². The van der Waals surface area contributed by atoms with Crippen LogP contribution < -0.4 is 4.74 Å². The molecule has 1 heterocycles. The zero-order chi connectivity index (χ0) is 23.5. The summed E-state index contributed by atoms with van der Waals surface area (Å²) in [5.41, 5.74) is 2.95. The van der Waals surface area contributed by atoms with Crippen LogP contribution in [-0.4, -0.2) is 15.9 Å². The van der Waals surface area contributed by atoms with E-state index in [1.54, 1.807) is 30.6 Å². The fraction of sp³-hybridized carbons (Fsp3) is 0.393. The predicted molar refractivity (Wildman–Crippen MR) is 130 cm³/mol. The number of esters is 1. The van der Waals surface area contributed by atoms with Crippen molar-refractivity contribution in [2.75, 3.05) is 0 Å². The van der Waals surface area contributed by atoms with E-state index in [9.17, 15) is 9.18 Å². The van der Waals surface area contributed by atoms with Gasteiger partial charge in [0.25, 0.3) is 0 Å². The van der Waals surface area contributed by atoms with Gasteiger partial charge in [0.1, 0.15) is 11.6 Å². The average Bonchev–Trinajstić information content (AvgIpc) is 2.83. The number of aromatic nitrogens is 2. The Morgan fingerprint density at radius 2 is 1.52 bits per heavy atom. The van der Waals surface area contributed by atoms with Crippen LogP contribution >= 0.6 is 0 Å². The average molecular weight is 449 g/mol. The number of carbonyl (C=O) groups is 1. The smallest absolute Gasteiger partial charge is 0.343 e. The van der Waals surface area contributed by atoms with E-state index in [0.717, 1.165) is 31.2 Å². The number of ether oxygens (including phenoxy) is 1. The van der Waals surface area contributed by atoms with Gasteiger partial charge in [-0.3, -0.25) is 0 Å². The first-order chi connectivity index (χ1) is 16.1. The van der Waals surface area contributed by atoms with Crippen LogP contribution in [0.2, 0.25) is 0 Å². The maximum atomic E-state index is 14.6. The van der Waals surface area contributed by atoms with Crippen molar-refractivity contribution in [2.45, 2.75) is 71.6 Å². The molecule has 33 heavy (non-hydrogen) atoms. The molecule has 1 aromatic heterocycles. The molecular weight excluding hydrogens is 415 g/mol. The maximum absolute atomic E-state index is 14.6. The van der Waals surface area contributed by atoms with E-state index < -0.39 is 11.8 Å². The highest BCUT2D eigenvalue weighted by atomic mass is 19.1. The summed E-state index contributed by atoms with van der Waals surface area (Å²) < 4.78 is 20.0. The standard InChI is InChI=1S/C28H33FN2O2/c1-3-5-6-7-8-9-11-21-12-14-23(15-13-21)28(32)33-24-16-17-25(26(29)18-24)27-30-19-22(10-4-2)20-31-27/h12-20H,3-11H2,1-2H3. The number of nitrogens with zero attached hydrogens (tertiary/aromatic N) is 2. The first-order valence-corrected chi connectivity index (χ1v) is 12.0. The summed E-state index contributed by atoms with van der Waals surface area (Å²) >= 11 is 0. The Morgan fingerprint density at radius 1 is 0.818 bits per heavy atom. The van der Waals surface area contributed by atoms with E-state index in [-0.39, 0.29) is 11.3 Å². The predicted octanol–water partition coefficient (Wildman–Crippen LogP) is 7.36. The summed E-state index contributed by atoms with van der Waals surface area (Å²) in [6, 6.07) is 11.8. The van der Waals surface area contributed by atoms with Crippen LogP contribution in [0.3, 0.4) is 0 Å². The summed E-state index contributed by atoms with van der Waals surface area (Å²) in [4.78, 5) is 21.0. The fourth-order valence-corrected chi connectivity index (χ4v) is 3.74. The maximum Gasteiger partial charge on any atom is 0.343 e. The van der Waals surface area contributed by atoms with Crippen LogP contribution in [-0.2, 0) is 12.8 Å². The first kappa shape index (κ1) is 24.6. The highest BCUT2D eigenvalue weighted by Gasteiger charge is 2.13. The molecule has 0 aliphatic carbocycles. The number of unbranched alkanes of at least 4 members (excludes halogenated alkanes) is 5. The molecule has 2 aromatic carbocycles. The van der Waals surface area contributed by atoms with Crippen molar-refractivity contribution in [3.05, 3.63) is 77.4 Å². The van der Waals surface area contributed by atoms with Gasteiger partial charge in [0.05, 0.1) is 11.1 Å². The van der Waals surface area contributed by atoms with Crippen molar-refractivity contribution in [3.8, 4) is 17.1 Å². The van der Waals surface area contributed by atoms with Crippen molar-refractivity contribution in [2.24, 2.45) is 0 Å². The highest BCUT2D eigenvalue weighted by Crippen LogP contribution is 2.24. The van der Waals surface area contributed by atoms with Crippen molar-refractivity contribution < 1.29 is 13.9 Å². The Bertz CT molecular complexity index is 1020. The first-order valence-electron chi connectivity index (χ1n) is 12.0. The van der Waals surface area contributed by atoms with Gasteiger partial charge in [-0.25, -0.2) is 19.2 Å². The molecule has 0 bridgehead atoms. The molecule has 0 saturated heterocycles. The van der Waals surface area contributed by atoms with Crippen molar-refractivity contribution >= 4 is 5.97 Å². The zero-order valence-corrected chi connectivity index (χ0v) is 19.6. The second kappa shape index (κ2) is 12.8. The molecule has 174 valence electrons. The molecule has 3 rings (SSSR count). The van der Waals surface area contributed by atoms with Crippen LogP contribution in [0.1, 0.15) is 80.3 Å². The van der Waals surface area contributed by atoms with E-state index in [1.165, 1.54) is 49.8 Å². The van der Waals surface area contributed by atoms with Gasteiger partial charge in [-0.2, -0.15) is 0 Å². The minimum Gasteiger partial charge on any atom is -0.423 e. The summed E-state index contributed by atoms with van der Waals surface area (Å²) in [5, 5.41) is 0. The quantitative estimate of drug-likeness (QED) is 0.165. The van der Waals surface area contributed by atoms with Gasteiger partial charge in [-0.05, 0) is 54.7 Å². The molecule has 0 amide bonds. The Balaban J connectivity index is 1.55. The molecule has 0 radical (unpaired) electrons. The van der Waals surface area contributed by atoms with Gasteiger partial charge in [0.15, 0.2) is 5.82 Å². The van der Waals surface area contributed by atoms with Gasteiger partial charge >= 0.3 is 5.97 Å². The van der Waals surface area contributed by atoms with Crippen LogP contribution in [0.4, 0.5) is 4.39 Å². The monoisotopic (exact) mass is 448 g/mol. The van der Waals surface area contributed by atoms with E-state index in [1.807, 2.05) is 12.1 Å². The number of halogens is 1. The second-order valence-corrected chi connectivity index (χ2v) is 8.41. The minimum absolute atomic E-state index is 0.153. The number of rotatable bonds is 12. The number of hydrogen-bond acceptors (Lipinski definition) is 4. The van der Waals surface area contributed by atoms with Crippen LogP contribution in [0.25, 0.3) is 11.4 Å². The molecule has 0 N–H and O–H groups in total. The lowest BCUT2D eigenvalue weighted by atomic mass is 10.0. The SMILES string of the molecule is CCCCCCCCc1ccc(C(=O)Oc2ccc(-c3ncc(CCC)cn3)c(F)c2)cc1. The topological polar surface area (TPSA) is 52.1 Å². The summed E-state index contributed by atoms with van der Waals surface area (Å²) in [6.07, 6.45) is 13.9. The third-order valence-electron chi connectivity index (χ3n) is 5.64. The molecule has 0 aliphatic heterocycles. The number of aryl methyl sites for hydroxylation is 2. The Morgan fingerprint density at radius 3 is 2.18 bits per heavy atom. The molecule has 0 atom stereocenters.